The lowest BCUT2D eigenvalue weighted by molar-refractivity contribution is 0.493. The van der Waals surface area contributed by atoms with Crippen molar-refractivity contribution in [1.29, 1.82) is 0 Å². The van der Waals surface area contributed by atoms with Crippen molar-refractivity contribution >= 4 is 15.9 Å². The molecule has 1 heterocycles. The summed E-state index contributed by atoms with van der Waals surface area (Å²) in [6.07, 6.45) is 2.28. The first-order valence-corrected chi connectivity index (χ1v) is 6.76. The molecule has 5 heteroatoms. The zero-order valence-corrected chi connectivity index (χ0v) is 12.1. The third-order valence-corrected chi connectivity index (χ3v) is 3.37. The minimum Gasteiger partial charge on any atom is -0.324 e. The van der Waals surface area contributed by atoms with Gasteiger partial charge in [-0.25, -0.2) is 9.67 Å². The number of nitrogens with zero attached hydrogens (tertiary/aromatic N) is 3. The molecule has 1 unspecified atom stereocenters. The van der Waals surface area contributed by atoms with Crippen molar-refractivity contribution in [3.05, 3.63) is 46.5 Å². The molecule has 0 aliphatic heterocycles. The van der Waals surface area contributed by atoms with Crippen LogP contribution in [-0.2, 0) is 6.42 Å². The highest BCUT2D eigenvalue weighted by Crippen LogP contribution is 2.19. The van der Waals surface area contributed by atoms with Gasteiger partial charge in [0.25, 0.3) is 0 Å². The molecule has 0 amide bonds. The van der Waals surface area contributed by atoms with Crippen LogP contribution in [0.25, 0.3) is 0 Å². The maximum absolute atomic E-state index is 6.21. The molecular formula is C13H17BrN4. The molecule has 0 aliphatic carbocycles. The second-order valence-corrected chi connectivity index (χ2v) is 5.49. The number of hydrogen-bond donors (Lipinski definition) is 1. The van der Waals surface area contributed by atoms with E-state index in [4.69, 9.17) is 5.73 Å². The molecule has 1 aromatic heterocycles. The molecule has 96 valence electrons. The van der Waals surface area contributed by atoms with E-state index in [1.807, 2.05) is 28.9 Å². The highest BCUT2D eigenvalue weighted by molar-refractivity contribution is 9.10. The van der Waals surface area contributed by atoms with Crippen LogP contribution in [0.5, 0.6) is 0 Å². The topological polar surface area (TPSA) is 56.7 Å². The van der Waals surface area contributed by atoms with Gasteiger partial charge >= 0.3 is 0 Å². The van der Waals surface area contributed by atoms with Crippen LogP contribution in [-0.4, -0.2) is 14.8 Å². The number of hydrogen-bond acceptors (Lipinski definition) is 3. The van der Waals surface area contributed by atoms with E-state index >= 15 is 0 Å². The molecule has 0 radical (unpaired) electrons. The Morgan fingerprint density at radius 2 is 1.94 bits per heavy atom. The fourth-order valence-electron chi connectivity index (χ4n) is 1.88. The highest BCUT2D eigenvalue weighted by Gasteiger charge is 2.13. The van der Waals surface area contributed by atoms with Crippen LogP contribution in [0.4, 0.5) is 0 Å². The van der Waals surface area contributed by atoms with Crippen molar-refractivity contribution in [2.24, 2.45) is 5.73 Å². The van der Waals surface area contributed by atoms with Gasteiger partial charge in [0.2, 0.25) is 0 Å². The van der Waals surface area contributed by atoms with Gasteiger partial charge in [-0.1, -0.05) is 28.1 Å². The molecule has 4 nitrogen and oxygen atoms in total. The van der Waals surface area contributed by atoms with E-state index in [0.717, 1.165) is 15.9 Å². The molecule has 18 heavy (non-hydrogen) atoms. The second-order valence-electron chi connectivity index (χ2n) is 4.58. The summed E-state index contributed by atoms with van der Waals surface area (Å²) in [6.45, 7) is 4.17. The first kappa shape index (κ1) is 13.2. The van der Waals surface area contributed by atoms with Crippen LogP contribution < -0.4 is 5.73 Å². The Morgan fingerprint density at radius 1 is 1.28 bits per heavy atom. The molecule has 1 aromatic carbocycles. The van der Waals surface area contributed by atoms with Crippen LogP contribution in [0.3, 0.4) is 0 Å². The van der Waals surface area contributed by atoms with E-state index < -0.39 is 0 Å². The van der Waals surface area contributed by atoms with Gasteiger partial charge in [0.1, 0.15) is 12.2 Å². The lowest BCUT2D eigenvalue weighted by Crippen LogP contribution is -2.17. The van der Waals surface area contributed by atoms with Gasteiger partial charge in [0, 0.05) is 23.0 Å². The number of nitrogens with two attached hydrogens (primary N) is 1. The first-order chi connectivity index (χ1) is 8.58. The Labute approximate surface area is 115 Å². The van der Waals surface area contributed by atoms with Gasteiger partial charge in [0.05, 0.1) is 0 Å². The maximum atomic E-state index is 6.21. The van der Waals surface area contributed by atoms with Gasteiger partial charge in [-0.3, -0.25) is 0 Å². The zero-order valence-electron chi connectivity index (χ0n) is 10.5. The molecule has 0 aliphatic rings. The molecule has 0 bridgehead atoms. The molecule has 1 atom stereocenters. The monoisotopic (exact) mass is 308 g/mol. The van der Waals surface area contributed by atoms with E-state index in [0.29, 0.717) is 12.5 Å². The molecule has 0 spiro atoms. The summed E-state index contributed by atoms with van der Waals surface area (Å²) in [5.74, 6) is 0.931. The Balaban J connectivity index is 2.13. The van der Waals surface area contributed by atoms with Crippen LogP contribution in [0.15, 0.2) is 35.1 Å². The summed E-state index contributed by atoms with van der Waals surface area (Å²) in [7, 11) is 0. The average molecular weight is 309 g/mol. The molecular weight excluding hydrogens is 292 g/mol. The van der Waals surface area contributed by atoms with Crippen LogP contribution in [0.1, 0.15) is 37.3 Å². The maximum Gasteiger partial charge on any atom is 0.138 e. The van der Waals surface area contributed by atoms with Crippen LogP contribution >= 0.6 is 15.9 Å². The van der Waals surface area contributed by atoms with E-state index in [1.54, 1.807) is 6.33 Å². The smallest absolute Gasteiger partial charge is 0.138 e. The number of benzene rings is 1. The van der Waals surface area contributed by atoms with E-state index in [1.165, 1.54) is 0 Å². The third kappa shape index (κ3) is 2.97. The van der Waals surface area contributed by atoms with Crippen molar-refractivity contribution in [3.8, 4) is 0 Å². The minimum absolute atomic E-state index is 0.0557. The van der Waals surface area contributed by atoms with Crippen molar-refractivity contribution in [2.45, 2.75) is 32.4 Å². The quantitative estimate of drug-likeness (QED) is 0.945. The van der Waals surface area contributed by atoms with Gasteiger partial charge in [-0.05, 0) is 31.5 Å². The van der Waals surface area contributed by atoms with Crippen molar-refractivity contribution < 1.29 is 0 Å². The summed E-state index contributed by atoms with van der Waals surface area (Å²) in [4.78, 5) is 4.28. The molecule has 0 saturated heterocycles. The van der Waals surface area contributed by atoms with E-state index in [2.05, 4.69) is 39.9 Å². The second kappa shape index (κ2) is 5.63. The summed E-state index contributed by atoms with van der Waals surface area (Å²) in [5, 5.41) is 4.22. The highest BCUT2D eigenvalue weighted by atomic mass is 79.9. The Bertz CT molecular complexity index is 504. The van der Waals surface area contributed by atoms with Gasteiger partial charge in [-0.2, -0.15) is 5.10 Å². The molecule has 0 saturated carbocycles. The average Bonchev–Trinajstić information content (AvgIpc) is 2.78. The predicted octanol–water partition coefficient (Wildman–Crippen LogP) is 2.86. The summed E-state index contributed by atoms with van der Waals surface area (Å²) in [5.41, 5.74) is 7.32. The van der Waals surface area contributed by atoms with Crippen molar-refractivity contribution in [1.82, 2.24) is 14.8 Å². The number of rotatable bonds is 4. The van der Waals surface area contributed by atoms with Crippen LogP contribution in [0.2, 0.25) is 0 Å². The zero-order chi connectivity index (χ0) is 13.1. The standard InChI is InChI=1S/C13H17BrN4/c1-9(2)18-13(16-8-17-18)7-12(15)10-3-5-11(14)6-4-10/h3-6,8-9,12H,7,15H2,1-2H3. The number of halogens is 1. The van der Waals surface area contributed by atoms with Gasteiger partial charge < -0.3 is 5.73 Å². The Morgan fingerprint density at radius 3 is 2.56 bits per heavy atom. The van der Waals surface area contributed by atoms with Crippen molar-refractivity contribution in [3.63, 3.8) is 0 Å². The predicted molar refractivity (Wildman–Crippen MR) is 75.2 cm³/mol. The summed E-state index contributed by atoms with van der Waals surface area (Å²) >= 11 is 3.42. The summed E-state index contributed by atoms with van der Waals surface area (Å²) in [6, 6.07) is 8.32. The van der Waals surface area contributed by atoms with Gasteiger partial charge in [-0.15, -0.1) is 0 Å². The third-order valence-electron chi connectivity index (χ3n) is 2.84. The lowest BCUT2D eigenvalue weighted by atomic mass is 10.0. The summed E-state index contributed by atoms with van der Waals surface area (Å²) < 4.78 is 2.97. The van der Waals surface area contributed by atoms with Crippen LogP contribution in [0, 0.1) is 0 Å². The largest absolute Gasteiger partial charge is 0.324 e. The number of aromatic nitrogens is 3. The SMILES string of the molecule is CC(C)n1ncnc1CC(N)c1ccc(Br)cc1. The Hall–Kier alpha value is -1.20. The normalized spacial score (nSPS) is 12.9. The molecule has 2 N–H and O–H groups in total. The van der Waals surface area contributed by atoms with E-state index in [9.17, 15) is 0 Å². The fraction of sp³-hybridized carbons (Fsp3) is 0.385. The van der Waals surface area contributed by atoms with Gasteiger partial charge in [0.15, 0.2) is 0 Å². The van der Waals surface area contributed by atoms with Crippen molar-refractivity contribution in [2.75, 3.05) is 0 Å². The molecule has 2 aromatic rings. The molecule has 2 rings (SSSR count). The molecule has 0 fully saturated rings. The minimum atomic E-state index is -0.0557. The Kier molecular flexibility index (Phi) is 4.14. The fourth-order valence-corrected chi connectivity index (χ4v) is 2.14. The first-order valence-electron chi connectivity index (χ1n) is 5.97. The lowest BCUT2D eigenvalue weighted by Gasteiger charge is -2.14. The van der Waals surface area contributed by atoms with E-state index in [-0.39, 0.29) is 6.04 Å².